The summed E-state index contributed by atoms with van der Waals surface area (Å²) in [6, 6.07) is 1.84. The molecule has 0 aliphatic rings. The molecule has 0 spiro atoms. The van der Waals surface area contributed by atoms with E-state index >= 15 is 0 Å². The number of hydrogen-bond acceptors (Lipinski definition) is 3. The molecular formula is C7H8N2O. The minimum absolute atomic E-state index is 0.618. The highest BCUT2D eigenvalue weighted by Crippen LogP contribution is 2.01. The Kier molecular flexibility index (Phi) is 1.96. The Balaban J connectivity index is 2.50. The van der Waals surface area contributed by atoms with Gasteiger partial charge in [-0.3, -0.25) is 0 Å². The van der Waals surface area contributed by atoms with Gasteiger partial charge >= 0.3 is 0 Å². The van der Waals surface area contributed by atoms with Gasteiger partial charge in [-0.15, -0.1) is 0 Å². The molecule has 1 aromatic heterocycles. The van der Waals surface area contributed by atoms with E-state index in [9.17, 15) is 0 Å². The number of furan rings is 1. The lowest BCUT2D eigenvalue weighted by molar-refractivity contribution is 0.464. The van der Waals surface area contributed by atoms with Crippen LogP contribution in [0.1, 0.15) is 5.56 Å². The molecule has 0 N–H and O–H groups in total. The van der Waals surface area contributed by atoms with Crippen LogP contribution in [0.5, 0.6) is 0 Å². The quantitative estimate of drug-likeness (QED) is 0.453. The third kappa shape index (κ3) is 1.52. The summed E-state index contributed by atoms with van der Waals surface area (Å²) in [6.07, 6.45) is 5.23. The van der Waals surface area contributed by atoms with E-state index in [4.69, 9.17) is 9.68 Å². The van der Waals surface area contributed by atoms with Crippen LogP contribution in [0.3, 0.4) is 0 Å². The molecule has 0 saturated carbocycles. The second-order valence-electron chi connectivity index (χ2n) is 2.09. The summed E-state index contributed by atoms with van der Waals surface area (Å²) in [6.45, 7) is 0.618. The fourth-order valence-electron chi connectivity index (χ4n) is 0.692. The molecule has 3 nitrogen and oxygen atoms in total. The smallest absolute Gasteiger partial charge is 0.179 e. The van der Waals surface area contributed by atoms with E-state index in [0.717, 1.165) is 5.56 Å². The zero-order valence-corrected chi connectivity index (χ0v) is 5.74. The second kappa shape index (κ2) is 2.92. The van der Waals surface area contributed by atoms with Crippen LogP contribution in [-0.2, 0) is 6.54 Å². The van der Waals surface area contributed by atoms with E-state index < -0.39 is 0 Å². The first-order chi connectivity index (χ1) is 4.83. The number of rotatable bonds is 2. The minimum Gasteiger partial charge on any atom is -0.472 e. The van der Waals surface area contributed by atoms with Crippen LogP contribution >= 0.6 is 0 Å². The van der Waals surface area contributed by atoms with Crippen molar-refractivity contribution < 1.29 is 4.42 Å². The first-order valence-corrected chi connectivity index (χ1v) is 2.95. The maximum absolute atomic E-state index is 8.38. The Morgan fingerprint density at radius 1 is 1.80 bits per heavy atom. The van der Waals surface area contributed by atoms with Crippen molar-refractivity contribution >= 4 is 0 Å². The molecule has 3 heteroatoms. The van der Waals surface area contributed by atoms with Gasteiger partial charge in [0.25, 0.3) is 0 Å². The molecule has 52 valence electrons. The Hall–Kier alpha value is -1.43. The molecule has 10 heavy (non-hydrogen) atoms. The van der Waals surface area contributed by atoms with E-state index in [1.54, 1.807) is 19.6 Å². The third-order valence-corrected chi connectivity index (χ3v) is 1.17. The Morgan fingerprint density at radius 3 is 3.10 bits per heavy atom. The largest absolute Gasteiger partial charge is 0.472 e. The summed E-state index contributed by atoms with van der Waals surface area (Å²) in [7, 11) is 1.73. The molecule has 1 rings (SSSR count). The van der Waals surface area contributed by atoms with E-state index in [1.165, 1.54) is 4.90 Å². The van der Waals surface area contributed by atoms with Crippen molar-refractivity contribution in [2.45, 2.75) is 6.54 Å². The number of nitriles is 1. The van der Waals surface area contributed by atoms with Crippen molar-refractivity contribution in [1.29, 1.82) is 5.26 Å². The monoisotopic (exact) mass is 136 g/mol. The third-order valence-electron chi connectivity index (χ3n) is 1.17. The first-order valence-electron chi connectivity index (χ1n) is 2.95. The van der Waals surface area contributed by atoms with E-state index in [-0.39, 0.29) is 0 Å². The van der Waals surface area contributed by atoms with Crippen molar-refractivity contribution in [2.75, 3.05) is 7.05 Å². The van der Waals surface area contributed by atoms with Crippen molar-refractivity contribution in [3.8, 4) is 6.19 Å². The predicted octanol–water partition coefficient (Wildman–Crippen LogP) is 1.19. The summed E-state index contributed by atoms with van der Waals surface area (Å²) in [5.74, 6) is 0. The molecule has 1 aromatic rings. The van der Waals surface area contributed by atoms with Crippen LogP contribution in [0.2, 0.25) is 0 Å². The number of nitrogens with zero attached hydrogens (tertiary/aromatic N) is 2. The average Bonchev–Trinajstić information content (AvgIpc) is 2.40. The minimum atomic E-state index is 0.618. The first kappa shape index (κ1) is 6.69. The zero-order chi connectivity index (χ0) is 7.40. The van der Waals surface area contributed by atoms with E-state index in [0.29, 0.717) is 6.54 Å². The highest BCUT2D eigenvalue weighted by Gasteiger charge is 1.96. The Morgan fingerprint density at radius 2 is 2.60 bits per heavy atom. The summed E-state index contributed by atoms with van der Waals surface area (Å²) >= 11 is 0. The highest BCUT2D eigenvalue weighted by molar-refractivity contribution is 5.05. The van der Waals surface area contributed by atoms with Gasteiger partial charge in [-0.1, -0.05) is 0 Å². The van der Waals surface area contributed by atoms with Crippen LogP contribution in [-0.4, -0.2) is 11.9 Å². The van der Waals surface area contributed by atoms with Crippen molar-refractivity contribution in [2.24, 2.45) is 0 Å². The zero-order valence-electron chi connectivity index (χ0n) is 5.74. The van der Waals surface area contributed by atoms with Gasteiger partial charge in [0.15, 0.2) is 6.19 Å². The van der Waals surface area contributed by atoms with Gasteiger partial charge in [-0.2, -0.15) is 5.26 Å². The molecule has 0 fully saturated rings. The fourth-order valence-corrected chi connectivity index (χ4v) is 0.692. The predicted molar refractivity (Wildman–Crippen MR) is 35.8 cm³/mol. The molecule has 1 heterocycles. The normalized spacial score (nSPS) is 8.80. The van der Waals surface area contributed by atoms with E-state index in [2.05, 4.69) is 0 Å². The highest BCUT2D eigenvalue weighted by atomic mass is 16.3. The average molecular weight is 136 g/mol. The van der Waals surface area contributed by atoms with Gasteiger partial charge < -0.3 is 9.32 Å². The molecule has 0 amide bonds. The summed E-state index contributed by atoms with van der Waals surface area (Å²) in [4.78, 5) is 1.53. The van der Waals surface area contributed by atoms with E-state index in [1.807, 2.05) is 12.3 Å². The van der Waals surface area contributed by atoms with Gasteiger partial charge in [-0.05, 0) is 6.07 Å². The Labute approximate surface area is 59.5 Å². The molecule has 0 aromatic carbocycles. The van der Waals surface area contributed by atoms with Gasteiger partial charge in [0, 0.05) is 12.6 Å². The van der Waals surface area contributed by atoms with Gasteiger partial charge in [0.2, 0.25) is 0 Å². The topological polar surface area (TPSA) is 40.2 Å². The van der Waals surface area contributed by atoms with Crippen molar-refractivity contribution in [3.05, 3.63) is 24.2 Å². The standard InChI is InChI=1S/C7H8N2O/c1-9(6-8)4-7-2-3-10-5-7/h2-3,5H,4H2,1H3. The van der Waals surface area contributed by atoms with Crippen LogP contribution < -0.4 is 0 Å². The lowest BCUT2D eigenvalue weighted by Gasteiger charge is -2.04. The summed E-state index contributed by atoms with van der Waals surface area (Å²) in [5, 5.41) is 8.38. The van der Waals surface area contributed by atoms with Crippen LogP contribution in [0, 0.1) is 11.5 Å². The van der Waals surface area contributed by atoms with Crippen LogP contribution in [0.15, 0.2) is 23.0 Å². The molecule has 0 unspecified atom stereocenters. The SMILES string of the molecule is CN(C#N)Cc1ccoc1. The molecule has 0 aliphatic carbocycles. The lowest BCUT2D eigenvalue weighted by atomic mass is 10.3. The summed E-state index contributed by atoms with van der Waals surface area (Å²) in [5.41, 5.74) is 1.02. The van der Waals surface area contributed by atoms with Crippen molar-refractivity contribution in [1.82, 2.24) is 4.90 Å². The van der Waals surface area contributed by atoms with Crippen molar-refractivity contribution in [3.63, 3.8) is 0 Å². The lowest BCUT2D eigenvalue weighted by Crippen LogP contribution is -2.08. The second-order valence-corrected chi connectivity index (χ2v) is 2.09. The molecular weight excluding hydrogens is 128 g/mol. The Bertz CT molecular complexity index is 222. The molecule has 0 bridgehead atoms. The molecule has 0 radical (unpaired) electrons. The fraction of sp³-hybridized carbons (Fsp3) is 0.286. The summed E-state index contributed by atoms with van der Waals surface area (Å²) < 4.78 is 4.82. The van der Waals surface area contributed by atoms with Crippen LogP contribution in [0.4, 0.5) is 0 Å². The van der Waals surface area contributed by atoms with Gasteiger partial charge in [-0.25, -0.2) is 0 Å². The molecule has 0 atom stereocenters. The molecule has 0 saturated heterocycles. The van der Waals surface area contributed by atoms with Gasteiger partial charge in [0.05, 0.1) is 19.1 Å². The van der Waals surface area contributed by atoms with Crippen LogP contribution in [0.25, 0.3) is 0 Å². The molecule has 0 aliphatic heterocycles. The number of hydrogen-bond donors (Lipinski definition) is 0. The maximum Gasteiger partial charge on any atom is 0.179 e. The van der Waals surface area contributed by atoms with Gasteiger partial charge in [0.1, 0.15) is 0 Å². The maximum atomic E-state index is 8.38.